The molecule has 1 aromatic heterocycles. The number of nitrogens with zero attached hydrogens (tertiary/aromatic N) is 3. The van der Waals surface area contributed by atoms with Gasteiger partial charge in [0.2, 0.25) is 11.8 Å². The van der Waals surface area contributed by atoms with E-state index in [1.165, 1.54) is 55.2 Å². The highest BCUT2D eigenvalue weighted by atomic mass is 32.2. The van der Waals surface area contributed by atoms with E-state index in [1.54, 1.807) is 0 Å². The Labute approximate surface area is 218 Å². The summed E-state index contributed by atoms with van der Waals surface area (Å²) in [5, 5.41) is 40.3. The van der Waals surface area contributed by atoms with E-state index < -0.39 is 53.0 Å². The standard InChI is InChI=1S/C23H21N5O9S/c1-10(29)37-8-12-9-38-22-16(21(34)28(22)17(12)23(35)36)26-20(33)15(11-2-4-13(30)5-3-11)25-18(31)14-6-7-24-27-19(14)32/h2-7,15-16,22,30H,8-9H2,1H3,(H,25,31)(H,26,33)(H,27,32)(H,35,36)/t15?,16-,22-/m1/s1. The van der Waals surface area contributed by atoms with E-state index in [-0.39, 0.29) is 40.5 Å². The number of phenolic OH excluding ortho intramolecular Hbond substituents is 1. The van der Waals surface area contributed by atoms with Gasteiger partial charge in [0.1, 0.15) is 41.1 Å². The van der Waals surface area contributed by atoms with E-state index in [0.29, 0.717) is 0 Å². The number of phenols is 1. The minimum absolute atomic E-state index is 0.0869. The zero-order valence-corrected chi connectivity index (χ0v) is 20.5. The van der Waals surface area contributed by atoms with Crippen LogP contribution in [0.25, 0.3) is 0 Å². The lowest BCUT2D eigenvalue weighted by molar-refractivity contribution is -0.151. The van der Waals surface area contributed by atoms with Gasteiger partial charge in [-0.1, -0.05) is 12.1 Å². The number of rotatable bonds is 8. The molecular formula is C23H21N5O9S. The molecule has 38 heavy (non-hydrogen) atoms. The number of aromatic nitrogens is 2. The van der Waals surface area contributed by atoms with Crippen LogP contribution < -0.4 is 10.6 Å². The summed E-state index contributed by atoms with van der Waals surface area (Å²) in [7, 11) is 0. The van der Waals surface area contributed by atoms with Gasteiger partial charge in [0.05, 0.1) is 6.20 Å². The molecule has 1 unspecified atom stereocenters. The van der Waals surface area contributed by atoms with Gasteiger partial charge in [-0.05, 0) is 23.8 Å². The van der Waals surface area contributed by atoms with Crippen LogP contribution in [0.2, 0.25) is 0 Å². The molecule has 0 bridgehead atoms. The first-order chi connectivity index (χ1) is 18.1. The van der Waals surface area contributed by atoms with Gasteiger partial charge in [-0.2, -0.15) is 5.10 Å². The Kier molecular flexibility index (Phi) is 7.47. The van der Waals surface area contributed by atoms with E-state index in [0.717, 1.165) is 4.90 Å². The minimum atomic E-state index is -1.38. The van der Waals surface area contributed by atoms with Crippen LogP contribution in [0.3, 0.4) is 0 Å². The van der Waals surface area contributed by atoms with Crippen molar-refractivity contribution in [1.82, 2.24) is 25.7 Å². The lowest BCUT2D eigenvalue weighted by atomic mass is 10.0. The molecule has 3 amide bonds. The average molecular weight is 544 g/mol. The van der Waals surface area contributed by atoms with Gasteiger partial charge < -0.3 is 30.7 Å². The van der Waals surface area contributed by atoms with E-state index in [2.05, 4.69) is 20.8 Å². The lowest BCUT2D eigenvalue weighted by Crippen LogP contribution is -2.71. The normalized spacial score (nSPS) is 19.1. The highest BCUT2D eigenvalue weighted by Gasteiger charge is 2.54. The van der Waals surface area contributed by atoms with Crippen molar-refractivity contribution in [3.63, 3.8) is 0 Å². The number of β-lactam (4-membered cyclic amide) rings is 1. The summed E-state index contributed by atoms with van der Waals surface area (Å²) in [5.74, 6) is -4.93. The molecule has 1 saturated heterocycles. The smallest absolute Gasteiger partial charge is 0.352 e. The molecule has 14 nitrogen and oxygen atoms in total. The van der Waals surface area contributed by atoms with Gasteiger partial charge in [-0.3, -0.25) is 24.1 Å². The van der Waals surface area contributed by atoms with E-state index >= 15 is 0 Å². The van der Waals surface area contributed by atoms with Crippen molar-refractivity contribution < 1.29 is 44.0 Å². The first-order valence-electron chi connectivity index (χ1n) is 11.0. The fourth-order valence-electron chi connectivity index (χ4n) is 3.90. The second kappa shape index (κ2) is 10.8. The van der Waals surface area contributed by atoms with Crippen LogP contribution in [-0.4, -0.2) is 83.9 Å². The highest BCUT2D eigenvalue weighted by Crippen LogP contribution is 2.40. The van der Waals surface area contributed by atoms with Gasteiger partial charge in [0.25, 0.3) is 11.8 Å². The molecule has 1 fully saturated rings. The Bertz CT molecular complexity index is 1350. The van der Waals surface area contributed by atoms with Gasteiger partial charge >= 0.3 is 11.9 Å². The van der Waals surface area contributed by atoms with Crippen LogP contribution in [0.4, 0.5) is 0 Å². The molecule has 2 aliphatic rings. The molecule has 0 aliphatic carbocycles. The number of benzene rings is 1. The quantitative estimate of drug-likeness (QED) is 0.214. The number of carbonyl (C=O) groups excluding carboxylic acids is 4. The Morgan fingerprint density at radius 2 is 1.89 bits per heavy atom. The second-order valence-corrected chi connectivity index (χ2v) is 9.31. The Morgan fingerprint density at radius 1 is 1.18 bits per heavy atom. The minimum Gasteiger partial charge on any atom is -0.508 e. The molecule has 3 heterocycles. The van der Waals surface area contributed by atoms with Crippen molar-refractivity contribution in [2.45, 2.75) is 24.4 Å². The number of ether oxygens (including phenoxy) is 1. The van der Waals surface area contributed by atoms with Crippen LogP contribution in [-0.2, 0) is 23.9 Å². The molecule has 198 valence electrons. The fraction of sp³-hybridized carbons (Fsp3) is 0.261. The predicted molar refractivity (Wildman–Crippen MR) is 128 cm³/mol. The molecule has 3 atom stereocenters. The number of hydrogen-bond donors (Lipinski definition) is 5. The van der Waals surface area contributed by atoms with Crippen molar-refractivity contribution in [3.05, 3.63) is 58.9 Å². The second-order valence-electron chi connectivity index (χ2n) is 8.20. The van der Waals surface area contributed by atoms with Crippen LogP contribution in [0, 0.1) is 0 Å². The van der Waals surface area contributed by atoms with Crippen molar-refractivity contribution in [3.8, 4) is 11.6 Å². The number of nitrogens with one attached hydrogen (secondary N) is 2. The first kappa shape index (κ1) is 26.4. The van der Waals surface area contributed by atoms with Gasteiger partial charge in [0, 0.05) is 18.2 Å². The molecular weight excluding hydrogens is 522 g/mol. The molecule has 2 aliphatic heterocycles. The third kappa shape index (κ3) is 5.22. The van der Waals surface area contributed by atoms with Gasteiger partial charge in [0.15, 0.2) is 0 Å². The summed E-state index contributed by atoms with van der Waals surface area (Å²) in [6.07, 6.45) is 1.18. The fourth-order valence-corrected chi connectivity index (χ4v) is 5.22. The van der Waals surface area contributed by atoms with Crippen LogP contribution in [0.15, 0.2) is 47.8 Å². The SMILES string of the molecule is CC(=O)OCC1=C(C(=O)O)N2C(=O)[C@@H](NC(=O)C(NC(=O)c3ccnnc3O)c3ccc(O)cc3)[C@H]2SC1. The molecule has 0 saturated carbocycles. The number of carboxylic acid groups (broad SMARTS) is 1. The number of carbonyl (C=O) groups is 5. The number of fused-ring (bicyclic) bond motifs is 1. The molecule has 0 radical (unpaired) electrons. The van der Waals surface area contributed by atoms with Crippen LogP contribution >= 0.6 is 11.8 Å². The maximum Gasteiger partial charge on any atom is 0.352 e. The molecule has 15 heteroatoms. The number of aromatic hydroxyl groups is 2. The Balaban J connectivity index is 1.55. The van der Waals surface area contributed by atoms with Crippen molar-refractivity contribution in [2.75, 3.05) is 12.4 Å². The zero-order valence-electron chi connectivity index (χ0n) is 19.7. The number of amides is 3. The summed E-state index contributed by atoms with van der Waals surface area (Å²) in [4.78, 5) is 63.1. The van der Waals surface area contributed by atoms with Crippen LogP contribution in [0.1, 0.15) is 28.9 Å². The number of esters is 1. The van der Waals surface area contributed by atoms with Gasteiger partial charge in [-0.25, -0.2) is 4.79 Å². The van der Waals surface area contributed by atoms with E-state index in [1.807, 2.05) is 0 Å². The van der Waals surface area contributed by atoms with Gasteiger partial charge in [-0.15, -0.1) is 16.9 Å². The number of thioether (sulfide) groups is 1. The summed E-state index contributed by atoms with van der Waals surface area (Å²) in [5.41, 5.74) is -0.0617. The molecule has 2 aromatic rings. The average Bonchev–Trinajstić information content (AvgIpc) is 2.88. The van der Waals surface area contributed by atoms with Crippen molar-refractivity contribution in [2.24, 2.45) is 0 Å². The highest BCUT2D eigenvalue weighted by molar-refractivity contribution is 8.00. The third-order valence-electron chi connectivity index (χ3n) is 5.71. The zero-order chi connectivity index (χ0) is 27.6. The first-order valence-corrected chi connectivity index (χ1v) is 12.1. The number of aliphatic carboxylic acids is 1. The molecule has 5 N–H and O–H groups in total. The summed E-state index contributed by atoms with van der Waals surface area (Å²) >= 11 is 1.18. The molecule has 0 spiro atoms. The van der Waals surface area contributed by atoms with Crippen molar-refractivity contribution >= 4 is 41.4 Å². The maximum atomic E-state index is 13.3. The third-order valence-corrected chi connectivity index (χ3v) is 7.05. The van der Waals surface area contributed by atoms with Crippen molar-refractivity contribution in [1.29, 1.82) is 0 Å². The molecule has 4 rings (SSSR count). The van der Waals surface area contributed by atoms with Crippen LogP contribution in [0.5, 0.6) is 11.6 Å². The largest absolute Gasteiger partial charge is 0.508 e. The maximum absolute atomic E-state index is 13.3. The topological polar surface area (TPSA) is 208 Å². The van der Waals surface area contributed by atoms with E-state index in [4.69, 9.17) is 4.74 Å². The summed E-state index contributed by atoms with van der Waals surface area (Å²) < 4.78 is 4.90. The Hall–Kier alpha value is -4.66. The number of hydrogen-bond acceptors (Lipinski definition) is 11. The summed E-state index contributed by atoms with van der Waals surface area (Å²) in [6, 6.07) is 4.11. The Morgan fingerprint density at radius 3 is 2.53 bits per heavy atom. The predicted octanol–water partition coefficient (Wildman–Crippen LogP) is -0.339. The summed E-state index contributed by atoms with van der Waals surface area (Å²) in [6.45, 7) is 0.888. The molecule has 1 aromatic carbocycles. The monoisotopic (exact) mass is 543 g/mol. The lowest BCUT2D eigenvalue weighted by Gasteiger charge is -2.49. The number of carboxylic acids is 1. The van der Waals surface area contributed by atoms with E-state index in [9.17, 15) is 39.3 Å².